The molecule has 130 heavy (non-hydrogen) atoms. The van der Waals surface area contributed by atoms with E-state index in [9.17, 15) is 100 Å². The van der Waals surface area contributed by atoms with E-state index in [1.807, 2.05) is 84.9 Å². The van der Waals surface area contributed by atoms with Gasteiger partial charge in [-0.25, -0.2) is 36.3 Å². The van der Waals surface area contributed by atoms with Crippen molar-refractivity contribution in [3.8, 4) is 22.7 Å². The quantitative estimate of drug-likeness (QED) is 0.0246. The Morgan fingerprint density at radius 2 is 0.708 bits per heavy atom. The van der Waals surface area contributed by atoms with E-state index in [0.717, 1.165) is 83.8 Å². The number of carbonyl (C=O) groups excluding carboxylic acids is 2. The van der Waals surface area contributed by atoms with E-state index in [4.69, 9.17) is 18.9 Å². The number of nitrogens with zero attached hydrogens (tertiary/aromatic N) is 8. The fourth-order valence-corrected chi connectivity index (χ4v) is 14.4. The molecule has 0 radical (unpaired) electrons. The molecule has 18 nitrogen and oxygen atoms in total. The van der Waals surface area contributed by atoms with Gasteiger partial charge in [-0.1, -0.05) is 115 Å². The van der Waals surface area contributed by atoms with E-state index in [-0.39, 0.29) is 68.8 Å². The molecule has 2 aliphatic rings. The second-order valence-corrected chi connectivity index (χ2v) is 29.0. The molecular weight excluding hydrogens is 1810 g/mol. The number of hydrogen-bond donors (Lipinski definition) is 4. The van der Waals surface area contributed by atoms with Gasteiger partial charge in [0.15, 0.2) is 12.6 Å². The van der Waals surface area contributed by atoms with Crippen LogP contribution in [0.5, 0.6) is 0 Å². The molecule has 0 aliphatic carbocycles. The number of rotatable bonds is 15. The monoisotopic (exact) mass is 1880 g/mol. The SMILES string of the molecule is Fc1cc[c-]cc1C1OCCCO1.O=C(c1ccc2c(cnn2-c2ccccc2)c1)C(F)(F)F.O=Cc1cc(C(O)(c2ccc3c(cnn3-c3ccccc3)c2)C(F)(F)F)ccc1F.OC(c1ccc(F)c(C2OCCCO2)c1)(c1ccc2c(cnn2-c2ccccc2)c1)C(F)(F)F.OCc1cc(C(O)(c2ccc3c(cnn3-c3ccccc3)c2)C(F)(F)F)ccc1F.[Br-].[Mg+2]. The van der Waals surface area contributed by atoms with Crippen molar-refractivity contribution in [2.75, 3.05) is 26.4 Å². The third kappa shape index (κ3) is 20.2. The normalized spacial score (nSPS) is 14.7. The topological polar surface area (TPSA) is 223 Å². The Morgan fingerprint density at radius 1 is 0.392 bits per heavy atom. The average Bonchev–Trinajstić information content (AvgIpc) is 1.16. The van der Waals surface area contributed by atoms with Gasteiger partial charge in [-0.15, -0.1) is 6.07 Å². The summed E-state index contributed by atoms with van der Waals surface area (Å²) in [6.45, 7) is 1.04. The summed E-state index contributed by atoms with van der Waals surface area (Å²) in [7, 11) is 0. The molecule has 16 aromatic rings. The maximum Gasteiger partial charge on any atom is 2.00 e. The number of fused-ring (bicyclic) bond motifs is 4. The Kier molecular flexibility index (Phi) is 30.0. The zero-order valence-corrected chi connectivity index (χ0v) is 70.3. The summed E-state index contributed by atoms with van der Waals surface area (Å²) in [5, 5.41) is 60.5. The Morgan fingerprint density at radius 3 is 1.06 bits per heavy atom. The minimum atomic E-state index is -5.13. The van der Waals surface area contributed by atoms with E-state index in [2.05, 4.69) is 26.5 Å². The van der Waals surface area contributed by atoms with Crippen molar-refractivity contribution < 1.29 is 136 Å². The number of alkyl halides is 12. The predicted octanol–water partition coefficient (Wildman–Crippen LogP) is 17.1. The fourth-order valence-electron chi connectivity index (χ4n) is 14.4. The summed E-state index contributed by atoms with van der Waals surface area (Å²) in [6, 6.07) is 66.5. The van der Waals surface area contributed by atoms with Gasteiger partial charge in [0.25, 0.3) is 5.78 Å². The van der Waals surface area contributed by atoms with Crippen molar-refractivity contribution in [3.63, 3.8) is 0 Å². The molecule has 0 amide bonds. The van der Waals surface area contributed by atoms with Gasteiger partial charge < -0.3 is 56.4 Å². The second kappa shape index (κ2) is 40.4. The maximum absolute atomic E-state index is 14.5. The Bertz CT molecular complexity index is 6620. The number of aliphatic hydroxyl groups excluding tert-OH is 1. The molecule has 2 aliphatic heterocycles. The molecule has 666 valence electrons. The largest absolute Gasteiger partial charge is 2.00 e. The molecule has 0 saturated carbocycles. The van der Waals surface area contributed by atoms with Crippen LogP contribution in [0.2, 0.25) is 0 Å². The standard InChI is InChI=1S/C25H20F4N2O3.C22H16F4N2O2.C22H14F4N2O2.C15H9F3N2O.C10H10FO2.BrH.Mg/c26-21-9-7-18(14-20(21)23-33-11-4-12-34-23)24(32,25(27,28)29)17-8-10-22-16(13-17)15-30-31(22)19-5-2-1-3-6-19;2*23-19-8-6-16(11-15(19)13-29)21(30,22(24,25)26)17-7-9-20-14(10-17)12-27-28(20)18-4-2-1-3-5-18;16-15(17,18)14(21)10-6-7-13-11(8-10)9-19-20(13)12-4-2-1-3-5-12;11-9-5-2-1-4-8(9)10-12-6-3-7-13-10;;/h1-3,5-10,13-15,23,32H,4,11-12H2;1-12,29-30H,13H2;1-13,30H;1-9H;2,4-5,10H,3,6-7H2;1H;/q;;;;-1;;+2/p-1. The molecule has 3 atom stereocenters. The van der Waals surface area contributed by atoms with Crippen LogP contribution in [0.25, 0.3) is 66.4 Å². The number of hydrogen-bond acceptors (Lipinski definition) is 14. The van der Waals surface area contributed by atoms with Gasteiger partial charge in [-0.05, 0) is 186 Å². The van der Waals surface area contributed by atoms with Gasteiger partial charge in [0.2, 0.25) is 16.8 Å². The molecule has 12 aromatic carbocycles. The van der Waals surface area contributed by atoms with E-state index in [0.29, 0.717) is 88.1 Å². The molecule has 0 bridgehead atoms. The van der Waals surface area contributed by atoms with Crippen molar-refractivity contribution in [3.05, 3.63) is 382 Å². The van der Waals surface area contributed by atoms with Crippen LogP contribution in [0.4, 0.5) is 70.2 Å². The number of carbonyl (C=O) groups is 2. The van der Waals surface area contributed by atoms with Gasteiger partial charge in [0, 0.05) is 44.1 Å². The van der Waals surface area contributed by atoms with E-state index >= 15 is 0 Å². The van der Waals surface area contributed by atoms with Crippen LogP contribution in [0.3, 0.4) is 0 Å². The number of aromatic nitrogens is 8. The summed E-state index contributed by atoms with van der Waals surface area (Å²) in [6.07, 6.45) is -14.6. The summed E-state index contributed by atoms with van der Waals surface area (Å²) in [5.74, 6) is -4.76. The molecule has 6 heterocycles. The average molecular weight is 1880 g/mol. The first-order chi connectivity index (χ1) is 61.1. The van der Waals surface area contributed by atoms with E-state index in [1.165, 1.54) is 104 Å². The van der Waals surface area contributed by atoms with E-state index < -0.39 is 123 Å². The van der Waals surface area contributed by atoms with Crippen LogP contribution in [-0.4, -0.2) is 146 Å². The first kappa shape index (κ1) is 96.7. The van der Waals surface area contributed by atoms with Crippen LogP contribution < -0.4 is 17.0 Å². The van der Waals surface area contributed by atoms with Gasteiger partial charge in [0.05, 0.1) is 108 Å². The van der Waals surface area contributed by atoms with E-state index in [1.54, 1.807) is 61.2 Å². The summed E-state index contributed by atoms with van der Waals surface area (Å²) >= 11 is 0. The minimum Gasteiger partial charge on any atom is -1.00 e. The summed E-state index contributed by atoms with van der Waals surface area (Å²) in [4.78, 5) is 22.2. The van der Waals surface area contributed by atoms with Gasteiger partial charge in [-0.3, -0.25) is 9.59 Å². The molecule has 2 fully saturated rings. The molecule has 0 spiro atoms. The number of benzene rings is 12. The van der Waals surface area contributed by atoms with Crippen LogP contribution >= 0.6 is 0 Å². The van der Waals surface area contributed by atoms with Gasteiger partial charge >= 0.3 is 47.8 Å². The van der Waals surface area contributed by atoms with Crippen LogP contribution in [0.1, 0.15) is 96.2 Å². The molecule has 36 heteroatoms. The summed E-state index contributed by atoms with van der Waals surface area (Å²) < 4.78 is 247. The molecule has 2 saturated heterocycles. The zero-order chi connectivity index (χ0) is 91.1. The van der Waals surface area contributed by atoms with Crippen LogP contribution in [-0.2, 0) is 42.4 Å². The smallest absolute Gasteiger partial charge is 1.00 e. The predicted molar refractivity (Wildman–Crippen MR) is 442 cm³/mol. The van der Waals surface area contributed by atoms with Gasteiger partial charge in [0.1, 0.15) is 23.7 Å². The molecule has 4 N–H and O–H groups in total. The third-order valence-corrected chi connectivity index (χ3v) is 20.9. The first-order valence-electron chi connectivity index (χ1n) is 38.8. The second-order valence-electron chi connectivity index (χ2n) is 29.0. The number of ether oxygens (including phenoxy) is 4. The molecular formula is C94H69BrF16MgN8O10. The number of ketones is 1. The van der Waals surface area contributed by atoms with Crippen molar-refractivity contribution in [1.29, 1.82) is 0 Å². The molecule has 18 rings (SSSR count). The van der Waals surface area contributed by atoms with Crippen molar-refractivity contribution >= 4 is 78.7 Å². The third-order valence-electron chi connectivity index (χ3n) is 20.9. The van der Waals surface area contributed by atoms with Crippen molar-refractivity contribution in [2.24, 2.45) is 0 Å². The Hall–Kier alpha value is -12.3. The van der Waals surface area contributed by atoms with Crippen LogP contribution in [0.15, 0.2) is 292 Å². The first-order valence-corrected chi connectivity index (χ1v) is 38.8. The fraction of sp³-hybridized carbons (Fsp3) is 0.170. The molecule has 4 aromatic heterocycles. The zero-order valence-electron chi connectivity index (χ0n) is 67.3. The van der Waals surface area contributed by atoms with Crippen molar-refractivity contribution in [1.82, 2.24) is 39.1 Å². The number of halogens is 17. The maximum atomic E-state index is 14.5. The number of Topliss-reactive ketones (excluding diaryl/α,β-unsaturated/α-hetero) is 1. The number of aldehydes is 1. The van der Waals surface area contributed by atoms with Crippen LogP contribution in [0, 0.1) is 29.3 Å². The number of aliphatic hydroxyl groups is 4. The summed E-state index contributed by atoms with van der Waals surface area (Å²) in [5.41, 5.74) is -9.10. The molecule has 3 unspecified atom stereocenters. The minimum absolute atomic E-state index is 0. The Labute approximate surface area is 754 Å². The van der Waals surface area contributed by atoms with Crippen molar-refractivity contribution in [2.45, 2.75) is 73.5 Å². The number of para-hydroxylation sites is 4. The Balaban J connectivity index is 0.000000150. The van der Waals surface area contributed by atoms with Gasteiger partial charge in [-0.2, -0.15) is 91.3 Å².